The number of hydrazine groups is 1. The molecule has 2 rings (SSSR count). The number of hydrogen-bond donors (Lipinski definition) is 3. The van der Waals surface area contributed by atoms with Crippen LogP contribution in [0.5, 0.6) is 0 Å². The molecule has 0 spiro atoms. The molecule has 0 saturated carbocycles. The van der Waals surface area contributed by atoms with E-state index < -0.39 is 10.8 Å². The molecule has 0 bridgehead atoms. The van der Waals surface area contributed by atoms with Gasteiger partial charge in [-0.15, -0.1) is 0 Å². The highest BCUT2D eigenvalue weighted by Crippen LogP contribution is 2.22. The Hall–Kier alpha value is -2.19. The van der Waals surface area contributed by atoms with Crippen molar-refractivity contribution in [1.82, 2.24) is 5.32 Å². The molecule has 1 aliphatic heterocycles. The van der Waals surface area contributed by atoms with E-state index in [1.807, 2.05) is 0 Å². The van der Waals surface area contributed by atoms with Gasteiger partial charge in [-0.25, -0.2) is 0 Å². The lowest BCUT2D eigenvalue weighted by molar-refractivity contribution is -0.385. The number of ether oxygens (including phenoxy) is 1. The van der Waals surface area contributed by atoms with E-state index in [2.05, 4.69) is 10.7 Å². The zero-order valence-corrected chi connectivity index (χ0v) is 10.8. The summed E-state index contributed by atoms with van der Waals surface area (Å²) in [6.45, 7) is 1.03. The van der Waals surface area contributed by atoms with Gasteiger partial charge < -0.3 is 15.5 Å². The van der Waals surface area contributed by atoms with Gasteiger partial charge in [-0.1, -0.05) is 0 Å². The van der Waals surface area contributed by atoms with Gasteiger partial charge in [-0.2, -0.15) is 0 Å². The predicted molar refractivity (Wildman–Crippen MR) is 72.2 cm³/mol. The molecule has 0 aliphatic carbocycles. The maximum atomic E-state index is 12.1. The quantitative estimate of drug-likeness (QED) is 0.416. The summed E-state index contributed by atoms with van der Waals surface area (Å²) < 4.78 is 5.38. The van der Waals surface area contributed by atoms with Crippen LogP contribution < -0.4 is 16.6 Å². The van der Waals surface area contributed by atoms with E-state index >= 15 is 0 Å². The molecule has 1 atom stereocenters. The third-order valence-electron chi connectivity index (χ3n) is 3.12. The highest BCUT2D eigenvalue weighted by Gasteiger charge is 2.22. The van der Waals surface area contributed by atoms with E-state index in [0.29, 0.717) is 18.8 Å². The molecule has 1 fully saturated rings. The number of nitrogens with one attached hydrogen (secondary N) is 2. The number of carbonyl (C=O) groups excluding carboxylic acids is 1. The molecule has 1 aliphatic rings. The smallest absolute Gasteiger partial charge is 0.282 e. The molecule has 8 nitrogen and oxygen atoms in total. The first-order chi connectivity index (χ1) is 9.61. The summed E-state index contributed by atoms with van der Waals surface area (Å²) in [5.74, 6) is 4.74. The molecular formula is C12H16N4O4. The number of hydrogen-bond acceptors (Lipinski definition) is 6. The summed E-state index contributed by atoms with van der Waals surface area (Å²) in [6, 6.07) is 4.04. The van der Waals surface area contributed by atoms with E-state index in [1.165, 1.54) is 18.2 Å². The molecule has 1 unspecified atom stereocenters. The van der Waals surface area contributed by atoms with Crippen molar-refractivity contribution in [3.05, 3.63) is 33.9 Å². The summed E-state index contributed by atoms with van der Waals surface area (Å²) in [4.78, 5) is 22.4. The summed E-state index contributed by atoms with van der Waals surface area (Å²) in [5.41, 5.74) is 2.51. The molecular weight excluding hydrogens is 264 g/mol. The van der Waals surface area contributed by atoms with Crippen LogP contribution in [0.25, 0.3) is 0 Å². The number of nitrogen functional groups attached to an aromatic ring is 1. The van der Waals surface area contributed by atoms with Crippen molar-refractivity contribution in [2.75, 3.05) is 18.6 Å². The third-order valence-corrected chi connectivity index (χ3v) is 3.12. The Morgan fingerprint density at radius 2 is 2.35 bits per heavy atom. The number of rotatable bonds is 5. The summed E-state index contributed by atoms with van der Waals surface area (Å²) in [6.07, 6.45) is 1.83. The van der Waals surface area contributed by atoms with Crippen molar-refractivity contribution < 1.29 is 14.5 Å². The fourth-order valence-corrected chi connectivity index (χ4v) is 2.07. The van der Waals surface area contributed by atoms with Crippen LogP contribution in [0.2, 0.25) is 0 Å². The molecule has 1 saturated heterocycles. The van der Waals surface area contributed by atoms with Crippen LogP contribution in [0.3, 0.4) is 0 Å². The minimum Gasteiger partial charge on any atom is -0.376 e. The molecule has 0 radical (unpaired) electrons. The zero-order chi connectivity index (χ0) is 14.5. The summed E-state index contributed by atoms with van der Waals surface area (Å²) in [5, 5.41) is 13.6. The zero-order valence-electron chi connectivity index (χ0n) is 10.8. The Balaban J connectivity index is 2.11. The van der Waals surface area contributed by atoms with Gasteiger partial charge in [0.25, 0.3) is 11.6 Å². The SMILES string of the molecule is NNc1ccc([N+](=O)[O-])c(C(=O)NCC2CCCO2)c1. The van der Waals surface area contributed by atoms with E-state index in [-0.39, 0.29) is 17.4 Å². The standard InChI is InChI=1S/C12H16N4O4/c13-15-8-3-4-11(16(18)19)10(6-8)12(17)14-7-9-2-1-5-20-9/h3-4,6,9,15H,1-2,5,7,13H2,(H,14,17). The normalized spacial score (nSPS) is 17.8. The number of amides is 1. The van der Waals surface area contributed by atoms with Crippen LogP contribution >= 0.6 is 0 Å². The van der Waals surface area contributed by atoms with Crippen molar-refractivity contribution in [2.24, 2.45) is 5.84 Å². The molecule has 20 heavy (non-hydrogen) atoms. The van der Waals surface area contributed by atoms with Gasteiger partial charge in [0.15, 0.2) is 0 Å². The van der Waals surface area contributed by atoms with Gasteiger partial charge in [-0.3, -0.25) is 20.8 Å². The van der Waals surface area contributed by atoms with E-state index in [1.54, 1.807) is 0 Å². The number of nitro groups is 1. The van der Waals surface area contributed by atoms with Crippen molar-refractivity contribution in [2.45, 2.75) is 18.9 Å². The topological polar surface area (TPSA) is 120 Å². The fourth-order valence-electron chi connectivity index (χ4n) is 2.07. The first-order valence-electron chi connectivity index (χ1n) is 6.26. The van der Waals surface area contributed by atoms with Gasteiger partial charge in [-0.05, 0) is 25.0 Å². The molecule has 0 aromatic heterocycles. The van der Waals surface area contributed by atoms with Crippen LogP contribution in [0.15, 0.2) is 18.2 Å². The predicted octanol–water partition coefficient (Wildman–Crippen LogP) is 0.789. The van der Waals surface area contributed by atoms with Crippen LogP contribution in [0.1, 0.15) is 23.2 Å². The summed E-state index contributed by atoms with van der Waals surface area (Å²) in [7, 11) is 0. The van der Waals surface area contributed by atoms with Crippen molar-refractivity contribution in [1.29, 1.82) is 0 Å². The van der Waals surface area contributed by atoms with Gasteiger partial charge in [0, 0.05) is 24.9 Å². The minimum atomic E-state index is -0.596. The van der Waals surface area contributed by atoms with Gasteiger partial charge >= 0.3 is 0 Å². The average molecular weight is 280 g/mol. The molecule has 1 amide bonds. The molecule has 1 aromatic carbocycles. The Kier molecular flexibility index (Phi) is 4.49. The first-order valence-corrected chi connectivity index (χ1v) is 6.26. The van der Waals surface area contributed by atoms with Crippen molar-refractivity contribution >= 4 is 17.3 Å². The molecule has 4 N–H and O–H groups in total. The Morgan fingerprint density at radius 3 is 2.95 bits per heavy atom. The van der Waals surface area contributed by atoms with Crippen LogP contribution in [0.4, 0.5) is 11.4 Å². The maximum absolute atomic E-state index is 12.1. The van der Waals surface area contributed by atoms with Gasteiger partial charge in [0.1, 0.15) is 5.56 Å². The average Bonchev–Trinajstić information content (AvgIpc) is 2.97. The monoisotopic (exact) mass is 280 g/mol. The molecule has 1 heterocycles. The van der Waals surface area contributed by atoms with E-state index in [4.69, 9.17) is 10.6 Å². The van der Waals surface area contributed by atoms with E-state index in [0.717, 1.165) is 12.8 Å². The first kappa shape index (κ1) is 14.2. The second kappa shape index (κ2) is 6.31. The number of nitrogens with zero attached hydrogens (tertiary/aromatic N) is 1. The Morgan fingerprint density at radius 1 is 1.55 bits per heavy atom. The molecule has 8 heteroatoms. The molecule has 1 aromatic rings. The number of benzene rings is 1. The van der Waals surface area contributed by atoms with Crippen molar-refractivity contribution in [3.63, 3.8) is 0 Å². The minimum absolute atomic E-state index is 0.0196. The van der Waals surface area contributed by atoms with Crippen molar-refractivity contribution in [3.8, 4) is 0 Å². The number of nitro benzene ring substituents is 1. The fraction of sp³-hybridized carbons (Fsp3) is 0.417. The summed E-state index contributed by atoms with van der Waals surface area (Å²) >= 11 is 0. The third kappa shape index (κ3) is 3.22. The van der Waals surface area contributed by atoms with Gasteiger partial charge in [0.2, 0.25) is 0 Å². The largest absolute Gasteiger partial charge is 0.376 e. The number of carbonyl (C=O) groups is 1. The maximum Gasteiger partial charge on any atom is 0.282 e. The lowest BCUT2D eigenvalue weighted by atomic mass is 10.1. The lowest BCUT2D eigenvalue weighted by Crippen LogP contribution is -2.32. The highest BCUT2D eigenvalue weighted by atomic mass is 16.6. The number of nitrogens with two attached hydrogens (primary N) is 1. The highest BCUT2D eigenvalue weighted by molar-refractivity contribution is 5.99. The van der Waals surface area contributed by atoms with Crippen LogP contribution in [-0.4, -0.2) is 30.1 Å². The van der Waals surface area contributed by atoms with Gasteiger partial charge in [0.05, 0.1) is 11.0 Å². The second-order valence-corrected chi connectivity index (χ2v) is 4.48. The lowest BCUT2D eigenvalue weighted by Gasteiger charge is -2.11. The number of anilines is 1. The van der Waals surface area contributed by atoms with E-state index in [9.17, 15) is 14.9 Å². The molecule has 108 valence electrons. The van der Waals surface area contributed by atoms with Crippen LogP contribution in [0, 0.1) is 10.1 Å². The van der Waals surface area contributed by atoms with Crippen LogP contribution in [-0.2, 0) is 4.74 Å². The Bertz CT molecular complexity index is 514. The second-order valence-electron chi connectivity index (χ2n) is 4.48. The Labute approximate surface area is 115 Å².